The van der Waals surface area contributed by atoms with Crippen molar-refractivity contribution in [3.05, 3.63) is 29.8 Å². The van der Waals surface area contributed by atoms with Gasteiger partial charge in [0.05, 0.1) is 11.4 Å². The van der Waals surface area contributed by atoms with Crippen molar-refractivity contribution in [2.24, 2.45) is 11.1 Å². The minimum Gasteiger partial charge on any atom is -0.411 e. The highest BCUT2D eigenvalue weighted by Crippen LogP contribution is 2.17. The maximum Gasteiger partial charge on any atom is 0.299 e. The molecule has 106 valence electrons. The van der Waals surface area contributed by atoms with Gasteiger partial charge in [0.25, 0.3) is 10.2 Å². The summed E-state index contributed by atoms with van der Waals surface area (Å²) in [5, 5.41) is 11.9. The molecule has 7 heteroatoms. The zero-order valence-electron chi connectivity index (χ0n) is 11.2. The molecule has 0 fully saturated rings. The number of benzene rings is 1. The molecule has 0 bridgehead atoms. The van der Waals surface area contributed by atoms with Gasteiger partial charge in [-0.1, -0.05) is 37.2 Å². The molecule has 0 radical (unpaired) electrons. The van der Waals surface area contributed by atoms with E-state index in [0.29, 0.717) is 23.5 Å². The van der Waals surface area contributed by atoms with Crippen LogP contribution in [0.15, 0.2) is 29.4 Å². The Bertz CT molecular complexity index is 553. The number of oxime groups is 1. The van der Waals surface area contributed by atoms with E-state index in [2.05, 4.69) is 14.6 Å². The Morgan fingerprint density at radius 1 is 1.37 bits per heavy atom. The molecule has 0 aliphatic rings. The highest BCUT2D eigenvalue weighted by Gasteiger charge is 2.13. The minimum absolute atomic E-state index is 0.215. The Hall–Kier alpha value is -1.60. The molecule has 0 spiro atoms. The van der Waals surface area contributed by atoms with Crippen molar-refractivity contribution in [2.45, 2.75) is 20.8 Å². The zero-order valence-corrected chi connectivity index (χ0v) is 12.0. The number of hydrogen-bond acceptors (Lipinski definition) is 4. The Morgan fingerprint density at radius 2 is 2.00 bits per heavy atom. The number of hydrogen-bond donors (Lipinski definition) is 3. The molecule has 0 atom stereocenters. The summed E-state index contributed by atoms with van der Waals surface area (Å²) >= 11 is 0. The molecule has 1 aromatic carbocycles. The van der Waals surface area contributed by atoms with E-state index >= 15 is 0 Å². The highest BCUT2D eigenvalue weighted by atomic mass is 32.2. The lowest BCUT2D eigenvalue weighted by Gasteiger charge is -2.13. The van der Waals surface area contributed by atoms with Crippen molar-refractivity contribution >= 4 is 21.6 Å². The largest absolute Gasteiger partial charge is 0.411 e. The maximum atomic E-state index is 11.8. The van der Waals surface area contributed by atoms with E-state index in [9.17, 15) is 8.42 Å². The van der Waals surface area contributed by atoms with Gasteiger partial charge in [-0.2, -0.15) is 13.1 Å². The predicted molar refractivity (Wildman–Crippen MR) is 75.8 cm³/mol. The number of rotatable bonds is 6. The van der Waals surface area contributed by atoms with E-state index < -0.39 is 10.2 Å². The summed E-state index contributed by atoms with van der Waals surface area (Å²) in [6.45, 7) is 5.78. The fourth-order valence-electron chi connectivity index (χ4n) is 1.40. The van der Waals surface area contributed by atoms with Crippen molar-refractivity contribution in [2.75, 3.05) is 11.3 Å². The number of para-hydroxylation sites is 1. The van der Waals surface area contributed by atoms with Gasteiger partial charge in [-0.15, -0.1) is 0 Å². The Morgan fingerprint density at radius 3 is 2.58 bits per heavy atom. The van der Waals surface area contributed by atoms with E-state index in [0.717, 1.165) is 0 Å². The minimum atomic E-state index is -3.63. The van der Waals surface area contributed by atoms with Crippen LogP contribution in [0, 0.1) is 5.92 Å². The van der Waals surface area contributed by atoms with Crippen LogP contribution in [-0.4, -0.2) is 25.9 Å². The van der Waals surface area contributed by atoms with Crippen LogP contribution >= 0.6 is 0 Å². The average Bonchev–Trinajstić information content (AvgIpc) is 2.36. The Labute approximate surface area is 113 Å². The summed E-state index contributed by atoms with van der Waals surface area (Å²) in [5.74, 6) is 0.215. The van der Waals surface area contributed by atoms with Crippen LogP contribution in [0.3, 0.4) is 0 Å². The topological polar surface area (TPSA) is 90.8 Å². The first-order valence-electron chi connectivity index (χ1n) is 5.91. The smallest absolute Gasteiger partial charge is 0.299 e. The van der Waals surface area contributed by atoms with Crippen LogP contribution in [0.2, 0.25) is 0 Å². The van der Waals surface area contributed by atoms with E-state index in [-0.39, 0.29) is 5.92 Å². The molecule has 0 saturated heterocycles. The predicted octanol–water partition coefficient (Wildman–Crippen LogP) is 1.79. The molecule has 0 amide bonds. The molecule has 0 unspecified atom stereocenters. The lowest BCUT2D eigenvalue weighted by molar-refractivity contribution is 0.319. The summed E-state index contributed by atoms with van der Waals surface area (Å²) in [6.07, 6.45) is 0. The Balaban J connectivity index is 2.94. The molecule has 0 aliphatic carbocycles. The maximum absolute atomic E-state index is 11.8. The number of nitrogens with zero attached hydrogens (tertiary/aromatic N) is 1. The lowest BCUT2D eigenvalue weighted by Crippen LogP contribution is -2.33. The van der Waals surface area contributed by atoms with Crippen LogP contribution in [0.4, 0.5) is 5.69 Å². The van der Waals surface area contributed by atoms with Gasteiger partial charge in [0, 0.05) is 12.1 Å². The molecule has 19 heavy (non-hydrogen) atoms. The zero-order chi connectivity index (χ0) is 14.5. The third kappa shape index (κ3) is 4.88. The first-order valence-corrected chi connectivity index (χ1v) is 7.39. The van der Waals surface area contributed by atoms with E-state index in [4.69, 9.17) is 5.21 Å². The van der Waals surface area contributed by atoms with E-state index in [1.54, 1.807) is 31.2 Å². The van der Waals surface area contributed by atoms with Gasteiger partial charge in [-0.05, 0) is 18.9 Å². The molecule has 1 aromatic rings. The molecular weight excluding hydrogens is 266 g/mol. The monoisotopic (exact) mass is 285 g/mol. The van der Waals surface area contributed by atoms with Crippen molar-refractivity contribution in [1.82, 2.24) is 4.72 Å². The van der Waals surface area contributed by atoms with E-state index in [1.165, 1.54) is 0 Å². The third-order valence-corrected chi connectivity index (χ3v) is 3.43. The molecular formula is C12H19N3O3S. The second kappa shape index (κ2) is 6.53. The van der Waals surface area contributed by atoms with Crippen molar-refractivity contribution in [3.8, 4) is 0 Å². The fraction of sp³-hybridized carbons (Fsp3) is 0.417. The van der Waals surface area contributed by atoms with Crippen molar-refractivity contribution in [1.29, 1.82) is 0 Å². The second-order valence-electron chi connectivity index (χ2n) is 4.58. The van der Waals surface area contributed by atoms with Gasteiger partial charge in [-0.3, -0.25) is 4.72 Å². The molecule has 1 rings (SSSR count). The number of nitrogens with one attached hydrogen (secondary N) is 2. The summed E-state index contributed by atoms with van der Waals surface area (Å²) in [6, 6.07) is 6.73. The molecule has 0 saturated carbocycles. The first-order chi connectivity index (χ1) is 8.85. The lowest BCUT2D eigenvalue weighted by atomic mass is 10.1. The van der Waals surface area contributed by atoms with Gasteiger partial charge in [0.15, 0.2) is 0 Å². The molecule has 0 aliphatic heterocycles. The van der Waals surface area contributed by atoms with Gasteiger partial charge in [0.1, 0.15) is 0 Å². The SMILES string of the molecule is C/C(=N\O)c1ccccc1NS(=O)(=O)NCC(C)C. The van der Waals surface area contributed by atoms with Gasteiger partial charge < -0.3 is 5.21 Å². The highest BCUT2D eigenvalue weighted by molar-refractivity contribution is 7.90. The quantitative estimate of drug-likeness (QED) is 0.423. The fourth-order valence-corrected chi connectivity index (χ4v) is 2.49. The van der Waals surface area contributed by atoms with Crippen molar-refractivity contribution in [3.63, 3.8) is 0 Å². The summed E-state index contributed by atoms with van der Waals surface area (Å²) < 4.78 is 28.6. The van der Waals surface area contributed by atoms with Gasteiger partial charge >= 0.3 is 0 Å². The third-order valence-electron chi connectivity index (χ3n) is 2.39. The average molecular weight is 285 g/mol. The van der Waals surface area contributed by atoms with Crippen LogP contribution in [0.1, 0.15) is 26.3 Å². The molecule has 3 N–H and O–H groups in total. The summed E-state index contributed by atoms with van der Waals surface area (Å²) in [5.41, 5.74) is 1.23. The van der Waals surface area contributed by atoms with Crippen LogP contribution < -0.4 is 9.44 Å². The second-order valence-corrected chi connectivity index (χ2v) is 6.08. The van der Waals surface area contributed by atoms with Crippen LogP contribution in [0.25, 0.3) is 0 Å². The molecule has 6 nitrogen and oxygen atoms in total. The molecule has 0 heterocycles. The van der Waals surface area contributed by atoms with Crippen LogP contribution in [-0.2, 0) is 10.2 Å². The summed E-state index contributed by atoms with van der Waals surface area (Å²) in [4.78, 5) is 0. The van der Waals surface area contributed by atoms with Gasteiger partial charge in [-0.25, -0.2) is 0 Å². The number of anilines is 1. The van der Waals surface area contributed by atoms with Gasteiger partial charge in [0.2, 0.25) is 0 Å². The normalized spacial score (nSPS) is 12.7. The first kappa shape index (κ1) is 15.5. The Kier molecular flexibility index (Phi) is 5.31. The van der Waals surface area contributed by atoms with Crippen LogP contribution in [0.5, 0.6) is 0 Å². The van der Waals surface area contributed by atoms with Crippen molar-refractivity contribution < 1.29 is 13.6 Å². The summed E-state index contributed by atoms with van der Waals surface area (Å²) in [7, 11) is -3.63. The molecule has 0 aromatic heterocycles. The standard InChI is InChI=1S/C12H19N3O3S/c1-9(2)8-13-19(17,18)15-12-7-5-4-6-11(12)10(3)14-16/h4-7,9,13,15-16H,8H2,1-3H3/b14-10+. The van der Waals surface area contributed by atoms with E-state index in [1.807, 2.05) is 13.8 Å².